The van der Waals surface area contributed by atoms with Gasteiger partial charge in [-0.1, -0.05) is 45.1 Å². The van der Waals surface area contributed by atoms with E-state index < -0.39 is 4.92 Å². The molecule has 0 saturated carbocycles. The van der Waals surface area contributed by atoms with Crippen molar-refractivity contribution in [2.75, 3.05) is 23.0 Å². The predicted molar refractivity (Wildman–Crippen MR) is 115 cm³/mol. The van der Waals surface area contributed by atoms with Crippen molar-refractivity contribution in [1.29, 1.82) is 0 Å². The molecule has 8 nitrogen and oxygen atoms in total. The molecule has 0 aliphatic carbocycles. The molecule has 0 bridgehead atoms. The Hall–Kier alpha value is -2.50. The lowest BCUT2D eigenvalue weighted by atomic mass is 10.2. The van der Waals surface area contributed by atoms with Crippen LogP contribution in [0.15, 0.2) is 57.3 Å². The molecular formula is C17H14BrN5O3S2. The smallest absolute Gasteiger partial charge is 0.269 e. The second-order valence-electron chi connectivity index (χ2n) is 5.52. The van der Waals surface area contributed by atoms with Crippen LogP contribution in [0.1, 0.15) is 0 Å². The lowest BCUT2D eigenvalue weighted by molar-refractivity contribution is -0.384. The van der Waals surface area contributed by atoms with E-state index in [0.29, 0.717) is 15.2 Å². The van der Waals surface area contributed by atoms with Gasteiger partial charge in [-0.3, -0.25) is 14.9 Å². The number of thioether (sulfide) groups is 1. The highest BCUT2D eigenvalue weighted by Crippen LogP contribution is 2.29. The first kappa shape index (κ1) is 20.2. The van der Waals surface area contributed by atoms with Gasteiger partial charge in [-0.2, -0.15) is 0 Å². The van der Waals surface area contributed by atoms with E-state index in [1.165, 1.54) is 40.1 Å². The van der Waals surface area contributed by atoms with E-state index in [2.05, 4.69) is 31.4 Å². The number of anilines is 3. The van der Waals surface area contributed by atoms with Crippen LogP contribution in [-0.4, -0.2) is 33.8 Å². The Balaban J connectivity index is 1.55. The molecule has 0 radical (unpaired) electrons. The lowest BCUT2D eigenvalue weighted by Crippen LogP contribution is -2.27. The van der Waals surface area contributed by atoms with Gasteiger partial charge in [0.25, 0.3) is 5.69 Å². The maximum Gasteiger partial charge on any atom is 0.269 e. The first-order valence-electron chi connectivity index (χ1n) is 7.92. The van der Waals surface area contributed by atoms with E-state index in [0.717, 1.165) is 10.2 Å². The molecule has 0 atom stereocenters. The normalized spacial score (nSPS) is 10.5. The largest absolute Gasteiger partial charge is 0.330 e. The van der Waals surface area contributed by atoms with E-state index in [1.54, 1.807) is 19.2 Å². The van der Waals surface area contributed by atoms with Crippen LogP contribution in [0.25, 0.3) is 0 Å². The highest BCUT2D eigenvalue weighted by atomic mass is 79.9. The molecule has 0 fully saturated rings. The van der Waals surface area contributed by atoms with E-state index in [4.69, 9.17) is 0 Å². The van der Waals surface area contributed by atoms with Gasteiger partial charge in [0.15, 0.2) is 4.34 Å². The average Bonchev–Trinajstić information content (AvgIpc) is 3.13. The molecule has 0 aliphatic heterocycles. The number of nitrogens with one attached hydrogen (secondary N) is 1. The number of nitro benzene ring substituents is 1. The van der Waals surface area contributed by atoms with Crippen molar-refractivity contribution in [2.24, 2.45) is 0 Å². The van der Waals surface area contributed by atoms with E-state index >= 15 is 0 Å². The van der Waals surface area contributed by atoms with Crippen LogP contribution in [-0.2, 0) is 4.79 Å². The van der Waals surface area contributed by atoms with E-state index in [1.807, 2.05) is 24.3 Å². The first-order valence-corrected chi connectivity index (χ1v) is 10.5. The van der Waals surface area contributed by atoms with Gasteiger partial charge in [0.05, 0.1) is 10.7 Å². The summed E-state index contributed by atoms with van der Waals surface area (Å²) in [5.74, 6) is 0.0366. The Labute approximate surface area is 177 Å². The van der Waals surface area contributed by atoms with Crippen molar-refractivity contribution in [3.63, 3.8) is 0 Å². The summed E-state index contributed by atoms with van der Waals surface area (Å²) >= 11 is 6.06. The molecule has 144 valence electrons. The van der Waals surface area contributed by atoms with Gasteiger partial charge in [-0.15, -0.1) is 10.2 Å². The lowest BCUT2D eigenvalue weighted by Gasteiger charge is -2.16. The van der Waals surface area contributed by atoms with Gasteiger partial charge in [0, 0.05) is 35.0 Å². The van der Waals surface area contributed by atoms with Crippen LogP contribution in [0.3, 0.4) is 0 Å². The minimum atomic E-state index is -0.476. The Morgan fingerprint density at radius 2 is 2.04 bits per heavy atom. The molecule has 28 heavy (non-hydrogen) atoms. The molecule has 1 heterocycles. The summed E-state index contributed by atoms with van der Waals surface area (Å²) < 4.78 is 1.62. The fraction of sp³-hybridized carbons (Fsp3) is 0.118. The van der Waals surface area contributed by atoms with Crippen molar-refractivity contribution in [3.05, 3.63) is 63.1 Å². The molecule has 2 aromatic carbocycles. The summed E-state index contributed by atoms with van der Waals surface area (Å²) in [6, 6.07) is 13.5. The Morgan fingerprint density at radius 3 is 2.71 bits per heavy atom. The number of amides is 1. The zero-order valence-corrected chi connectivity index (χ0v) is 17.8. The van der Waals surface area contributed by atoms with Gasteiger partial charge < -0.3 is 10.2 Å². The van der Waals surface area contributed by atoms with Gasteiger partial charge in [-0.05, 0) is 30.3 Å². The van der Waals surface area contributed by atoms with Gasteiger partial charge in [-0.25, -0.2) is 0 Å². The molecule has 3 rings (SSSR count). The summed E-state index contributed by atoms with van der Waals surface area (Å²) in [5, 5.41) is 22.7. The number of nitrogens with zero attached hydrogens (tertiary/aromatic N) is 4. The van der Waals surface area contributed by atoms with Crippen LogP contribution in [0, 0.1) is 10.1 Å². The second-order valence-corrected chi connectivity index (χ2v) is 8.64. The summed E-state index contributed by atoms with van der Waals surface area (Å²) in [4.78, 5) is 24.1. The minimum absolute atomic E-state index is 0.0155. The standard InChI is InChI=1S/C17H14BrN5O3S2/c1-22(13-5-7-14(8-6-13)23(25)26)15(24)10-27-17-21-20-16(28-17)19-12-4-2-3-11(18)9-12/h2-9H,10H2,1H3,(H,19,20). The van der Waals surface area contributed by atoms with Crippen molar-refractivity contribution >= 4 is 67.1 Å². The van der Waals surface area contributed by atoms with E-state index in [-0.39, 0.29) is 17.3 Å². The molecule has 0 saturated heterocycles. The summed E-state index contributed by atoms with van der Waals surface area (Å²) in [5.41, 5.74) is 1.46. The summed E-state index contributed by atoms with van der Waals surface area (Å²) in [6.45, 7) is 0. The third kappa shape index (κ3) is 5.27. The number of halogens is 1. The topological polar surface area (TPSA) is 101 Å². The quantitative estimate of drug-likeness (QED) is 0.297. The molecule has 0 unspecified atom stereocenters. The number of carbonyl (C=O) groups is 1. The number of hydrogen-bond donors (Lipinski definition) is 1. The first-order chi connectivity index (χ1) is 13.4. The predicted octanol–water partition coefficient (Wildman–Crippen LogP) is 4.71. The molecule has 3 aromatic rings. The number of rotatable bonds is 7. The zero-order valence-electron chi connectivity index (χ0n) is 14.5. The molecule has 1 aromatic heterocycles. The van der Waals surface area contributed by atoms with Crippen molar-refractivity contribution < 1.29 is 9.72 Å². The van der Waals surface area contributed by atoms with Crippen LogP contribution in [0.4, 0.5) is 22.2 Å². The highest BCUT2D eigenvalue weighted by molar-refractivity contribution is 9.10. The average molecular weight is 480 g/mol. The van der Waals surface area contributed by atoms with Crippen LogP contribution < -0.4 is 10.2 Å². The maximum atomic E-state index is 12.4. The highest BCUT2D eigenvalue weighted by Gasteiger charge is 2.15. The van der Waals surface area contributed by atoms with E-state index in [9.17, 15) is 14.9 Å². The summed E-state index contributed by atoms with van der Waals surface area (Å²) in [6.07, 6.45) is 0. The van der Waals surface area contributed by atoms with Gasteiger partial charge in [0.1, 0.15) is 0 Å². The fourth-order valence-corrected chi connectivity index (χ4v) is 4.26. The number of carbonyl (C=O) groups excluding carboxylic acids is 1. The van der Waals surface area contributed by atoms with Gasteiger partial charge in [0.2, 0.25) is 11.0 Å². The van der Waals surface area contributed by atoms with Crippen LogP contribution in [0.2, 0.25) is 0 Å². The fourth-order valence-electron chi connectivity index (χ4n) is 2.17. The Bertz CT molecular complexity index is 996. The number of benzene rings is 2. The molecule has 11 heteroatoms. The summed E-state index contributed by atoms with van der Waals surface area (Å²) in [7, 11) is 1.63. The van der Waals surface area contributed by atoms with Crippen LogP contribution >= 0.6 is 39.0 Å². The number of aromatic nitrogens is 2. The molecule has 0 spiro atoms. The Morgan fingerprint density at radius 1 is 1.29 bits per heavy atom. The Kier molecular flexibility index (Phi) is 6.60. The number of nitro groups is 1. The van der Waals surface area contributed by atoms with Crippen LogP contribution in [0.5, 0.6) is 0 Å². The third-order valence-corrected chi connectivity index (χ3v) is 6.07. The SMILES string of the molecule is CN(C(=O)CSc1nnc(Nc2cccc(Br)c2)s1)c1ccc([N+](=O)[O-])cc1. The second kappa shape index (κ2) is 9.13. The molecule has 1 amide bonds. The van der Waals surface area contributed by atoms with Crippen molar-refractivity contribution in [2.45, 2.75) is 4.34 Å². The van der Waals surface area contributed by atoms with Crippen molar-refractivity contribution in [1.82, 2.24) is 10.2 Å². The van der Waals surface area contributed by atoms with Crippen molar-refractivity contribution in [3.8, 4) is 0 Å². The van der Waals surface area contributed by atoms with Gasteiger partial charge >= 0.3 is 0 Å². The molecule has 0 aliphatic rings. The third-order valence-electron chi connectivity index (χ3n) is 3.62. The maximum absolute atomic E-state index is 12.4. The molecular weight excluding hydrogens is 466 g/mol. The number of non-ortho nitro benzene ring substituents is 1. The monoisotopic (exact) mass is 479 g/mol. The minimum Gasteiger partial charge on any atom is -0.330 e. The molecule has 1 N–H and O–H groups in total. The zero-order chi connectivity index (χ0) is 20.1. The number of hydrogen-bond acceptors (Lipinski definition) is 8.